The van der Waals surface area contributed by atoms with E-state index in [-0.39, 0.29) is 35.7 Å². The molecule has 4 rings (SSSR count). The van der Waals surface area contributed by atoms with Crippen LogP contribution in [0.15, 0.2) is 59.6 Å². The van der Waals surface area contributed by atoms with Gasteiger partial charge in [0.25, 0.3) is 5.91 Å². The highest BCUT2D eigenvalue weighted by Gasteiger charge is 2.26. The van der Waals surface area contributed by atoms with E-state index < -0.39 is 25.9 Å². The number of halogens is 1. The van der Waals surface area contributed by atoms with Crippen molar-refractivity contribution in [1.29, 1.82) is 0 Å². The number of hydrogen-bond acceptors (Lipinski definition) is 9. The third-order valence-corrected chi connectivity index (χ3v) is 7.80. The van der Waals surface area contributed by atoms with E-state index in [1.54, 1.807) is 29.2 Å². The van der Waals surface area contributed by atoms with Gasteiger partial charge < -0.3 is 15.5 Å². The second-order valence-electron chi connectivity index (χ2n) is 8.24. The van der Waals surface area contributed by atoms with Crippen molar-refractivity contribution >= 4 is 49.1 Å². The molecule has 1 aromatic heterocycles. The molecule has 4 N–H and O–H groups in total. The van der Waals surface area contributed by atoms with E-state index >= 15 is 0 Å². The van der Waals surface area contributed by atoms with Gasteiger partial charge >= 0.3 is 0 Å². The van der Waals surface area contributed by atoms with Crippen LogP contribution in [0.25, 0.3) is 0 Å². The van der Waals surface area contributed by atoms with E-state index in [1.807, 2.05) is 0 Å². The number of benzene rings is 2. The maximum Gasteiger partial charge on any atom is 0.253 e. The van der Waals surface area contributed by atoms with E-state index in [0.29, 0.717) is 30.0 Å². The van der Waals surface area contributed by atoms with Crippen LogP contribution in [0.3, 0.4) is 0 Å². The molecular weight excluding hydrogens is 525 g/mol. The first-order chi connectivity index (χ1) is 17.4. The molecule has 2 heterocycles. The van der Waals surface area contributed by atoms with Crippen LogP contribution in [-0.4, -0.2) is 74.4 Å². The Morgan fingerprint density at radius 1 is 0.919 bits per heavy atom. The number of carbonyl (C=O) groups is 1. The quantitative estimate of drug-likeness (QED) is 0.395. The summed E-state index contributed by atoms with van der Waals surface area (Å²) in [6.45, 7) is 1.06. The van der Waals surface area contributed by atoms with Crippen LogP contribution in [0.1, 0.15) is 10.4 Å². The van der Waals surface area contributed by atoms with Gasteiger partial charge in [0.1, 0.15) is 0 Å². The average molecular weight is 550 g/mol. The van der Waals surface area contributed by atoms with Gasteiger partial charge in [-0.1, -0.05) is 0 Å². The first-order valence-electron chi connectivity index (χ1n) is 10.9. The summed E-state index contributed by atoms with van der Waals surface area (Å²) in [5.41, 5.74) is 1.34. The molecule has 3 aromatic rings. The molecule has 0 atom stereocenters. The fourth-order valence-corrected chi connectivity index (χ4v) is 4.95. The van der Waals surface area contributed by atoms with Crippen LogP contribution in [0.4, 0.5) is 27.5 Å². The van der Waals surface area contributed by atoms with Gasteiger partial charge in [-0.05, 0) is 48.5 Å². The van der Waals surface area contributed by atoms with Crippen LogP contribution >= 0.6 is 0 Å². The first-order valence-corrected chi connectivity index (χ1v) is 14.3. The minimum Gasteiger partial charge on any atom is -0.338 e. The van der Waals surface area contributed by atoms with Crippen LogP contribution in [0, 0.1) is 5.82 Å². The Morgan fingerprint density at radius 2 is 1.49 bits per heavy atom. The molecule has 37 heavy (non-hydrogen) atoms. The molecular formula is C22H24FN7O5S2. The summed E-state index contributed by atoms with van der Waals surface area (Å²) in [5, 5.41) is 10.8. The molecule has 12 nitrogen and oxygen atoms in total. The lowest BCUT2D eigenvalue weighted by molar-refractivity contribution is 0.0698. The molecule has 0 bridgehead atoms. The number of sulfonamides is 2. The fraction of sp³-hybridized carbons (Fsp3) is 0.227. The fourth-order valence-electron chi connectivity index (χ4n) is 3.61. The van der Waals surface area contributed by atoms with E-state index in [0.717, 1.165) is 12.5 Å². The van der Waals surface area contributed by atoms with Crippen molar-refractivity contribution in [3.05, 3.63) is 66.1 Å². The van der Waals surface area contributed by atoms with Crippen molar-refractivity contribution in [1.82, 2.24) is 19.2 Å². The maximum absolute atomic E-state index is 14.3. The second-order valence-corrected chi connectivity index (χ2v) is 11.8. The topological polar surface area (TPSA) is 168 Å². The summed E-state index contributed by atoms with van der Waals surface area (Å²) in [6.07, 6.45) is 2.12. The SMILES string of the molecule is CS(=O)(=O)N1CCN(C(=O)c2ccc(Nc3nc(Nc4ccc(S(N)(=O)=O)cc4)ncc3F)cc2)CC1. The predicted octanol–water partition coefficient (Wildman–Crippen LogP) is 1.47. The molecule has 1 aliphatic rings. The van der Waals surface area contributed by atoms with Crippen LogP contribution in [0.5, 0.6) is 0 Å². The number of hydrogen-bond donors (Lipinski definition) is 3. The van der Waals surface area contributed by atoms with Crippen molar-refractivity contribution in [2.24, 2.45) is 5.14 Å². The lowest BCUT2D eigenvalue weighted by Crippen LogP contribution is -2.50. The predicted molar refractivity (Wildman–Crippen MR) is 135 cm³/mol. The monoisotopic (exact) mass is 549 g/mol. The van der Waals surface area contributed by atoms with Crippen LogP contribution in [-0.2, 0) is 20.0 Å². The molecule has 1 amide bonds. The molecule has 2 aromatic carbocycles. The number of aromatic nitrogens is 2. The molecule has 0 aliphatic carbocycles. The van der Waals surface area contributed by atoms with Crippen molar-refractivity contribution in [2.45, 2.75) is 4.90 Å². The third-order valence-electron chi connectivity index (χ3n) is 5.57. The Balaban J connectivity index is 1.41. The zero-order valence-corrected chi connectivity index (χ0v) is 21.3. The van der Waals surface area contributed by atoms with Gasteiger partial charge in [0.15, 0.2) is 11.6 Å². The minimum atomic E-state index is -3.83. The molecule has 15 heteroatoms. The Hall–Kier alpha value is -3.66. The number of nitrogens with zero attached hydrogens (tertiary/aromatic N) is 4. The van der Waals surface area contributed by atoms with Crippen molar-refractivity contribution in [3.8, 4) is 0 Å². The molecule has 0 radical (unpaired) electrons. The second kappa shape index (κ2) is 10.4. The number of anilines is 4. The van der Waals surface area contributed by atoms with Gasteiger partial charge in [0, 0.05) is 43.1 Å². The van der Waals surface area contributed by atoms with E-state index in [9.17, 15) is 26.0 Å². The highest BCUT2D eigenvalue weighted by atomic mass is 32.2. The van der Waals surface area contributed by atoms with Gasteiger partial charge in [-0.25, -0.2) is 31.3 Å². The van der Waals surface area contributed by atoms with Gasteiger partial charge in [-0.2, -0.15) is 9.29 Å². The summed E-state index contributed by atoms with van der Waals surface area (Å²) in [4.78, 5) is 22.3. The van der Waals surface area contributed by atoms with E-state index in [4.69, 9.17) is 5.14 Å². The highest BCUT2D eigenvalue weighted by molar-refractivity contribution is 7.89. The number of nitrogens with two attached hydrogens (primary N) is 1. The number of rotatable bonds is 7. The Labute approximate surface area is 213 Å². The maximum atomic E-state index is 14.3. The lowest BCUT2D eigenvalue weighted by Gasteiger charge is -2.33. The Morgan fingerprint density at radius 3 is 2.05 bits per heavy atom. The zero-order chi connectivity index (χ0) is 26.8. The van der Waals surface area contributed by atoms with E-state index in [1.165, 1.54) is 28.6 Å². The lowest BCUT2D eigenvalue weighted by atomic mass is 10.1. The zero-order valence-electron chi connectivity index (χ0n) is 19.6. The summed E-state index contributed by atoms with van der Waals surface area (Å²) >= 11 is 0. The third kappa shape index (κ3) is 6.56. The molecule has 0 saturated carbocycles. The number of amides is 1. The number of nitrogens with one attached hydrogen (secondary N) is 2. The average Bonchev–Trinajstić information content (AvgIpc) is 2.85. The van der Waals surface area contributed by atoms with Gasteiger partial charge in [-0.3, -0.25) is 4.79 Å². The molecule has 1 fully saturated rings. The smallest absolute Gasteiger partial charge is 0.253 e. The van der Waals surface area contributed by atoms with Crippen molar-refractivity contribution in [3.63, 3.8) is 0 Å². The van der Waals surface area contributed by atoms with Gasteiger partial charge in [0.2, 0.25) is 26.0 Å². The first kappa shape index (κ1) is 26.4. The van der Waals surface area contributed by atoms with Gasteiger partial charge in [-0.15, -0.1) is 0 Å². The Bertz CT molecular complexity index is 1510. The standard InChI is InChI=1S/C22H24FN7O5S2/c1-36(32,33)30-12-10-29(11-13-30)21(31)15-2-4-16(5-3-15)26-20-19(23)14-25-22(28-20)27-17-6-8-18(9-7-17)37(24,34)35/h2-9,14H,10-13H2,1H3,(H2,24,34,35)(H2,25,26,27,28). The van der Waals surface area contributed by atoms with Gasteiger partial charge in [0.05, 0.1) is 17.3 Å². The minimum absolute atomic E-state index is 0.0569. The van der Waals surface area contributed by atoms with E-state index in [2.05, 4.69) is 20.6 Å². The molecule has 0 spiro atoms. The van der Waals surface area contributed by atoms with Crippen molar-refractivity contribution < 1.29 is 26.0 Å². The molecule has 1 aliphatic heterocycles. The van der Waals surface area contributed by atoms with Crippen LogP contribution in [0.2, 0.25) is 0 Å². The summed E-state index contributed by atoms with van der Waals surface area (Å²) in [5.74, 6) is -0.992. The highest BCUT2D eigenvalue weighted by Crippen LogP contribution is 2.22. The summed E-state index contributed by atoms with van der Waals surface area (Å²) in [7, 11) is -7.12. The number of carbonyl (C=O) groups excluding carboxylic acids is 1. The summed E-state index contributed by atoms with van der Waals surface area (Å²) < 4.78 is 61.7. The molecule has 1 saturated heterocycles. The summed E-state index contributed by atoms with van der Waals surface area (Å²) in [6, 6.07) is 11.9. The molecule has 0 unspecified atom stereocenters. The Kier molecular flexibility index (Phi) is 7.40. The van der Waals surface area contributed by atoms with Crippen LogP contribution < -0.4 is 15.8 Å². The number of piperazine rings is 1. The normalized spacial score (nSPS) is 14.8. The number of primary sulfonamides is 1. The largest absolute Gasteiger partial charge is 0.338 e. The molecule has 196 valence electrons. The van der Waals surface area contributed by atoms with Crippen molar-refractivity contribution in [2.75, 3.05) is 43.1 Å².